The van der Waals surface area contributed by atoms with Crippen molar-refractivity contribution in [1.82, 2.24) is 0 Å². The fraction of sp³-hybridized carbons (Fsp3) is 0.333. The van der Waals surface area contributed by atoms with E-state index in [1.807, 2.05) is 0 Å². The largest absolute Gasteiger partial charge is 0.490 e. The van der Waals surface area contributed by atoms with Gasteiger partial charge in [0.1, 0.15) is 6.10 Å². The van der Waals surface area contributed by atoms with Crippen molar-refractivity contribution in [3.05, 3.63) is 23.8 Å². The molecule has 1 N–H and O–H groups in total. The molecule has 0 fully saturated rings. The first-order chi connectivity index (χ1) is 7.31. The third-order valence-electron chi connectivity index (χ3n) is 2.25. The molecule has 1 aliphatic heterocycles. The molecular formula is C12H12O3. The molecule has 2 rings (SSSR count). The lowest BCUT2D eigenvalue weighted by Gasteiger charge is -2.10. The molecule has 0 radical (unpaired) electrons. The maximum atomic E-state index is 9.47. The van der Waals surface area contributed by atoms with Crippen molar-refractivity contribution in [2.45, 2.75) is 12.5 Å². The summed E-state index contributed by atoms with van der Waals surface area (Å²) in [6.07, 6.45) is 5.11. The lowest BCUT2D eigenvalue weighted by Crippen LogP contribution is -1.97. The molecule has 0 saturated carbocycles. The number of aliphatic hydroxyl groups excluding tert-OH is 1. The van der Waals surface area contributed by atoms with Crippen LogP contribution >= 0.6 is 0 Å². The van der Waals surface area contributed by atoms with Gasteiger partial charge in [-0.2, -0.15) is 0 Å². The Labute approximate surface area is 88.6 Å². The summed E-state index contributed by atoms with van der Waals surface area (Å²) < 4.78 is 10.9. The third-order valence-corrected chi connectivity index (χ3v) is 2.25. The Hall–Kier alpha value is -1.66. The van der Waals surface area contributed by atoms with Gasteiger partial charge in [-0.3, -0.25) is 0 Å². The molecule has 1 atom stereocenters. The number of benzene rings is 1. The summed E-state index contributed by atoms with van der Waals surface area (Å²) in [5.41, 5.74) is 0.654. The summed E-state index contributed by atoms with van der Waals surface area (Å²) in [7, 11) is 0. The van der Waals surface area contributed by atoms with Crippen molar-refractivity contribution in [1.29, 1.82) is 0 Å². The van der Waals surface area contributed by atoms with Crippen molar-refractivity contribution in [2.75, 3.05) is 13.2 Å². The van der Waals surface area contributed by atoms with Crippen LogP contribution in [-0.4, -0.2) is 18.3 Å². The van der Waals surface area contributed by atoms with E-state index in [1.165, 1.54) is 0 Å². The number of fused-ring (bicyclic) bond motifs is 1. The van der Waals surface area contributed by atoms with Crippen LogP contribution in [0.2, 0.25) is 0 Å². The van der Waals surface area contributed by atoms with Gasteiger partial charge in [-0.05, 0) is 17.7 Å². The molecule has 1 unspecified atom stereocenters. The van der Waals surface area contributed by atoms with Gasteiger partial charge < -0.3 is 14.6 Å². The van der Waals surface area contributed by atoms with Gasteiger partial charge in [0.25, 0.3) is 0 Å². The molecule has 0 bridgehead atoms. The van der Waals surface area contributed by atoms with Crippen molar-refractivity contribution in [3.63, 3.8) is 0 Å². The van der Waals surface area contributed by atoms with Crippen LogP contribution in [0.1, 0.15) is 18.1 Å². The van der Waals surface area contributed by atoms with Gasteiger partial charge in [0.2, 0.25) is 0 Å². The lowest BCUT2D eigenvalue weighted by atomic mass is 10.1. The molecule has 1 aliphatic rings. The Morgan fingerprint density at radius 1 is 1.27 bits per heavy atom. The summed E-state index contributed by atoms with van der Waals surface area (Å²) in [5, 5.41) is 9.47. The first-order valence-corrected chi connectivity index (χ1v) is 4.85. The summed E-state index contributed by atoms with van der Waals surface area (Å²) in [5.74, 6) is 3.62. The summed E-state index contributed by atoms with van der Waals surface area (Å²) in [6.45, 7) is 1.28. The van der Waals surface area contributed by atoms with Crippen LogP contribution in [0.3, 0.4) is 0 Å². The monoisotopic (exact) mass is 204 g/mol. The molecule has 15 heavy (non-hydrogen) atoms. The first-order valence-electron chi connectivity index (χ1n) is 4.85. The summed E-state index contributed by atoms with van der Waals surface area (Å²) in [4.78, 5) is 0. The molecule has 0 spiro atoms. The van der Waals surface area contributed by atoms with Gasteiger partial charge in [-0.25, -0.2) is 0 Å². The van der Waals surface area contributed by atoms with E-state index in [4.69, 9.17) is 15.9 Å². The van der Waals surface area contributed by atoms with Gasteiger partial charge in [0, 0.05) is 6.42 Å². The molecule has 3 heteroatoms. The number of aliphatic hydroxyl groups is 1. The first kappa shape index (κ1) is 9.88. The Kier molecular flexibility index (Phi) is 2.79. The molecule has 0 aromatic heterocycles. The average molecular weight is 204 g/mol. The SMILES string of the molecule is C#CC(O)c1ccc2c(c1)OCCCO2. The fourth-order valence-corrected chi connectivity index (χ4v) is 1.45. The minimum absolute atomic E-state index is 0.628. The highest BCUT2D eigenvalue weighted by Crippen LogP contribution is 2.32. The van der Waals surface area contributed by atoms with E-state index < -0.39 is 6.10 Å². The Morgan fingerprint density at radius 3 is 2.73 bits per heavy atom. The smallest absolute Gasteiger partial charge is 0.161 e. The van der Waals surface area contributed by atoms with E-state index >= 15 is 0 Å². The zero-order valence-electron chi connectivity index (χ0n) is 8.27. The molecular weight excluding hydrogens is 192 g/mol. The fourth-order valence-electron chi connectivity index (χ4n) is 1.45. The second-order valence-electron chi connectivity index (χ2n) is 3.33. The van der Waals surface area contributed by atoms with Crippen LogP contribution in [0.5, 0.6) is 11.5 Å². The van der Waals surface area contributed by atoms with E-state index in [9.17, 15) is 5.11 Å². The number of hydrogen-bond acceptors (Lipinski definition) is 3. The van der Waals surface area contributed by atoms with E-state index in [1.54, 1.807) is 18.2 Å². The Morgan fingerprint density at radius 2 is 2.00 bits per heavy atom. The highest BCUT2D eigenvalue weighted by Gasteiger charge is 2.12. The normalized spacial score (nSPS) is 16.3. The van der Waals surface area contributed by atoms with Crippen LogP contribution < -0.4 is 9.47 Å². The molecule has 0 saturated heterocycles. The standard InChI is InChI=1S/C12H12O3/c1-2-10(13)9-4-5-11-12(8-9)15-7-3-6-14-11/h1,4-5,8,10,13H,3,6-7H2. The predicted molar refractivity (Wildman–Crippen MR) is 55.8 cm³/mol. The molecule has 1 aromatic rings. The minimum Gasteiger partial charge on any atom is -0.490 e. The van der Waals surface area contributed by atoms with Crippen LogP contribution in [-0.2, 0) is 0 Å². The quantitative estimate of drug-likeness (QED) is 0.705. The van der Waals surface area contributed by atoms with Crippen LogP contribution in [0, 0.1) is 12.3 Å². The molecule has 3 nitrogen and oxygen atoms in total. The average Bonchev–Trinajstić information content (AvgIpc) is 2.51. The maximum absolute atomic E-state index is 9.47. The Balaban J connectivity index is 2.32. The van der Waals surface area contributed by atoms with Gasteiger partial charge >= 0.3 is 0 Å². The van der Waals surface area contributed by atoms with Crippen molar-refractivity contribution < 1.29 is 14.6 Å². The van der Waals surface area contributed by atoms with E-state index in [0.29, 0.717) is 30.3 Å². The highest BCUT2D eigenvalue weighted by atomic mass is 16.5. The predicted octanol–water partition coefficient (Wildman–Crippen LogP) is 1.51. The van der Waals surface area contributed by atoms with Crippen LogP contribution in [0.15, 0.2) is 18.2 Å². The highest BCUT2D eigenvalue weighted by molar-refractivity contribution is 5.44. The van der Waals surface area contributed by atoms with Gasteiger partial charge in [0.15, 0.2) is 11.5 Å². The van der Waals surface area contributed by atoms with Crippen LogP contribution in [0.25, 0.3) is 0 Å². The molecule has 0 aliphatic carbocycles. The van der Waals surface area contributed by atoms with E-state index in [2.05, 4.69) is 5.92 Å². The van der Waals surface area contributed by atoms with Crippen molar-refractivity contribution in [2.24, 2.45) is 0 Å². The van der Waals surface area contributed by atoms with Crippen LogP contribution in [0.4, 0.5) is 0 Å². The summed E-state index contributed by atoms with van der Waals surface area (Å²) >= 11 is 0. The number of rotatable bonds is 1. The number of hydrogen-bond donors (Lipinski definition) is 1. The maximum Gasteiger partial charge on any atom is 0.161 e. The Bertz CT molecular complexity index is 392. The zero-order valence-corrected chi connectivity index (χ0v) is 8.27. The third kappa shape index (κ3) is 2.05. The second kappa shape index (κ2) is 4.24. The summed E-state index contributed by atoms with van der Waals surface area (Å²) in [6, 6.07) is 5.25. The molecule has 78 valence electrons. The molecule has 1 aromatic carbocycles. The number of ether oxygens (including phenoxy) is 2. The van der Waals surface area contributed by atoms with Crippen molar-refractivity contribution >= 4 is 0 Å². The van der Waals surface area contributed by atoms with E-state index in [-0.39, 0.29) is 0 Å². The molecule has 1 heterocycles. The number of terminal acetylenes is 1. The van der Waals surface area contributed by atoms with Gasteiger partial charge in [0.05, 0.1) is 13.2 Å². The lowest BCUT2D eigenvalue weighted by molar-refractivity contribution is 0.237. The van der Waals surface area contributed by atoms with E-state index in [0.717, 1.165) is 6.42 Å². The second-order valence-corrected chi connectivity index (χ2v) is 3.33. The topological polar surface area (TPSA) is 38.7 Å². The van der Waals surface area contributed by atoms with Gasteiger partial charge in [-0.15, -0.1) is 6.42 Å². The van der Waals surface area contributed by atoms with Gasteiger partial charge in [-0.1, -0.05) is 12.0 Å². The van der Waals surface area contributed by atoms with Crippen molar-refractivity contribution in [3.8, 4) is 23.8 Å². The zero-order chi connectivity index (χ0) is 10.7. The molecule has 0 amide bonds. The minimum atomic E-state index is -0.887.